The SMILES string of the molecule is Cc1nn(-c2ccccc2)c(C)c1NC(=O)CCN(C)CCOc1cccc(F)c1. The van der Waals surface area contributed by atoms with Crippen molar-refractivity contribution in [2.24, 2.45) is 0 Å². The minimum atomic E-state index is -0.321. The van der Waals surface area contributed by atoms with Gasteiger partial charge in [-0.1, -0.05) is 24.3 Å². The van der Waals surface area contributed by atoms with E-state index in [1.165, 1.54) is 12.1 Å². The van der Waals surface area contributed by atoms with E-state index in [1.54, 1.807) is 12.1 Å². The number of nitrogens with zero attached hydrogens (tertiary/aromatic N) is 3. The summed E-state index contributed by atoms with van der Waals surface area (Å²) in [5.74, 6) is 0.118. The molecule has 1 aromatic heterocycles. The van der Waals surface area contributed by atoms with Crippen molar-refractivity contribution in [2.45, 2.75) is 20.3 Å². The summed E-state index contributed by atoms with van der Waals surface area (Å²) >= 11 is 0. The van der Waals surface area contributed by atoms with Crippen LogP contribution in [0.4, 0.5) is 10.1 Å². The maximum Gasteiger partial charge on any atom is 0.225 e. The Balaban J connectivity index is 1.47. The lowest BCUT2D eigenvalue weighted by atomic mass is 10.2. The van der Waals surface area contributed by atoms with Gasteiger partial charge in [-0.25, -0.2) is 9.07 Å². The van der Waals surface area contributed by atoms with E-state index in [-0.39, 0.29) is 11.7 Å². The summed E-state index contributed by atoms with van der Waals surface area (Å²) in [6, 6.07) is 15.9. The molecule has 6 nitrogen and oxygen atoms in total. The monoisotopic (exact) mass is 410 g/mol. The van der Waals surface area contributed by atoms with Gasteiger partial charge in [-0.15, -0.1) is 0 Å². The zero-order valence-electron chi connectivity index (χ0n) is 17.6. The normalized spacial score (nSPS) is 11.0. The van der Waals surface area contributed by atoms with Gasteiger partial charge in [0.1, 0.15) is 18.2 Å². The first kappa shape index (κ1) is 21.5. The molecule has 0 radical (unpaired) electrons. The van der Waals surface area contributed by atoms with Crippen LogP contribution < -0.4 is 10.1 Å². The number of aromatic nitrogens is 2. The van der Waals surface area contributed by atoms with Crippen LogP contribution in [0.1, 0.15) is 17.8 Å². The molecule has 0 saturated carbocycles. The molecular weight excluding hydrogens is 383 g/mol. The minimum absolute atomic E-state index is 0.0632. The predicted octanol–water partition coefficient (Wildman–Crippen LogP) is 3.97. The Morgan fingerprint density at radius 1 is 1.13 bits per heavy atom. The third-order valence-electron chi connectivity index (χ3n) is 4.81. The first-order chi connectivity index (χ1) is 14.4. The second-order valence-corrected chi connectivity index (χ2v) is 7.20. The van der Waals surface area contributed by atoms with Gasteiger partial charge in [0.25, 0.3) is 0 Å². The largest absolute Gasteiger partial charge is 0.492 e. The molecule has 30 heavy (non-hydrogen) atoms. The number of hydrogen-bond acceptors (Lipinski definition) is 4. The lowest BCUT2D eigenvalue weighted by Gasteiger charge is -2.17. The molecule has 0 aliphatic heterocycles. The van der Waals surface area contributed by atoms with E-state index in [1.807, 2.05) is 60.8 Å². The third kappa shape index (κ3) is 5.67. The number of ether oxygens (including phenoxy) is 1. The van der Waals surface area contributed by atoms with Crippen LogP contribution in [0.15, 0.2) is 54.6 Å². The van der Waals surface area contributed by atoms with Crippen molar-refractivity contribution >= 4 is 11.6 Å². The zero-order chi connectivity index (χ0) is 21.5. The highest BCUT2D eigenvalue weighted by Gasteiger charge is 2.15. The summed E-state index contributed by atoms with van der Waals surface area (Å²) in [4.78, 5) is 14.5. The molecule has 0 unspecified atom stereocenters. The standard InChI is InChI=1S/C23H27FN4O2/c1-17-23(18(2)28(26-17)20-9-5-4-6-10-20)25-22(29)12-13-27(3)14-15-30-21-11-7-8-19(24)16-21/h4-11,16H,12-15H2,1-3H3,(H,25,29). The van der Waals surface area contributed by atoms with E-state index in [0.29, 0.717) is 31.9 Å². The molecular formula is C23H27FN4O2. The summed E-state index contributed by atoms with van der Waals surface area (Å²) in [6.07, 6.45) is 0.353. The third-order valence-corrected chi connectivity index (χ3v) is 4.81. The van der Waals surface area contributed by atoms with Gasteiger partial charge in [0.15, 0.2) is 0 Å². The lowest BCUT2D eigenvalue weighted by Crippen LogP contribution is -2.28. The number of anilines is 1. The smallest absolute Gasteiger partial charge is 0.225 e. The molecule has 1 heterocycles. The predicted molar refractivity (Wildman–Crippen MR) is 116 cm³/mol. The number of aryl methyl sites for hydroxylation is 1. The Labute approximate surface area is 176 Å². The maximum absolute atomic E-state index is 13.2. The molecule has 0 aliphatic carbocycles. The van der Waals surface area contributed by atoms with Crippen LogP contribution in [-0.4, -0.2) is 47.3 Å². The van der Waals surface area contributed by atoms with E-state index < -0.39 is 0 Å². The highest BCUT2D eigenvalue weighted by molar-refractivity contribution is 5.92. The fraction of sp³-hybridized carbons (Fsp3) is 0.304. The number of hydrogen-bond donors (Lipinski definition) is 1. The number of likely N-dealkylation sites (N-methyl/N-ethyl adjacent to an activating group) is 1. The van der Waals surface area contributed by atoms with Crippen LogP contribution in [-0.2, 0) is 4.79 Å². The number of halogens is 1. The van der Waals surface area contributed by atoms with Crippen molar-refractivity contribution in [3.05, 3.63) is 71.8 Å². The fourth-order valence-corrected chi connectivity index (χ4v) is 3.13. The molecule has 1 amide bonds. The number of carbonyl (C=O) groups is 1. The van der Waals surface area contributed by atoms with Gasteiger partial charge in [0, 0.05) is 25.6 Å². The van der Waals surface area contributed by atoms with Crippen molar-refractivity contribution in [3.63, 3.8) is 0 Å². The Morgan fingerprint density at radius 3 is 2.63 bits per heavy atom. The topological polar surface area (TPSA) is 59.4 Å². The van der Waals surface area contributed by atoms with E-state index in [9.17, 15) is 9.18 Å². The second-order valence-electron chi connectivity index (χ2n) is 7.20. The fourth-order valence-electron chi connectivity index (χ4n) is 3.13. The van der Waals surface area contributed by atoms with Crippen LogP contribution in [0.2, 0.25) is 0 Å². The quantitative estimate of drug-likeness (QED) is 0.580. The first-order valence-electron chi connectivity index (χ1n) is 9.92. The van der Waals surface area contributed by atoms with Gasteiger partial charge in [-0.05, 0) is 45.2 Å². The summed E-state index contributed by atoms with van der Waals surface area (Å²) in [6.45, 7) is 5.47. The maximum atomic E-state index is 13.2. The van der Waals surface area contributed by atoms with Gasteiger partial charge < -0.3 is 15.0 Å². The molecule has 0 bridgehead atoms. The summed E-state index contributed by atoms with van der Waals surface area (Å²) in [7, 11) is 1.92. The summed E-state index contributed by atoms with van der Waals surface area (Å²) in [5, 5.41) is 7.54. The summed E-state index contributed by atoms with van der Waals surface area (Å²) < 4.78 is 20.5. The molecule has 3 rings (SSSR count). The van der Waals surface area contributed by atoms with E-state index in [4.69, 9.17) is 4.74 Å². The molecule has 0 fully saturated rings. The second kappa shape index (κ2) is 10.0. The lowest BCUT2D eigenvalue weighted by molar-refractivity contribution is -0.116. The highest BCUT2D eigenvalue weighted by atomic mass is 19.1. The molecule has 7 heteroatoms. The van der Waals surface area contributed by atoms with Crippen LogP contribution >= 0.6 is 0 Å². The number of benzene rings is 2. The van der Waals surface area contributed by atoms with Crippen molar-refractivity contribution in [3.8, 4) is 11.4 Å². The van der Waals surface area contributed by atoms with Crippen LogP contribution in [0, 0.1) is 19.7 Å². The Hall–Kier alpha value is -3.19. The van der Waals surface area contributed by atoms with Crippen LogP contribution in [0.3, 0.4) is 0 Å². The number of para-hydroxylation sites is 1. The Kier molecular flexibility index (Phi) is 7.19. The van der Waals surface area contributed by atoms with Gasteiger partial charge in [-0.2, -0.15) is 5.10 Å². The molecule has 0 spiro atoms. The Morgan fingerprint density at radius 2 is 1.90 bits per heavy atom. The zero-order valence-corrected chi connectivity index (χ0v) is 17.6. The number of carbonyl (C=O) groups excluding carboxylic acids is 1. The van der Waals surface area contributed by atoms with Crippen molar-refractivity contribution in [1.82, 2.24) is 14.7 Å². The number of nitrogens with one attached hydrogen (secondary N) is 1. The first-order valence-corrected chi connectivity index (χ1v) is 9.92. The van der Waals surface area contributed by atoms with E-state index >= 15 is 0 Å². The molecule has 2 aromatic carbocycles. The van der Waals surface area contributed by atoms with E-state index in [0.717, 1.165) is 22.8 Å². The average molecular weight is 410 g/mol. The summed E-state index contributed by atoms with van der Waals surface area (Å²) in [5.41, 5.74) is 3.38. The average Bonchev–Trinajstić information content (AvgIpc) is 3.01. The molecule has 3 aromatic rings. The van der Waals surface area contributed by atoms with Crippen molar-refractivity contribution in [1.29, 1.82) is 0 Å². The molecule has 0 saturated heterocycles. The molecule has 0 atom stereocenters. The van der Waals surface area contributed by atoms with Crippen LogP contribution in [0.25, 0.3) is 5.69 Å². The minimum Gasteiger partial charge on any atom is -0.492 e. The van der Waals surface area contributed by atoms with Crippen molar-refractivity contribution in [2.75, 3.05) is 32.1 Å². The molecule has 158 valence electrons. The van der Waals surface area contributed by atoms with E-state index in [2.05, 4.69) is 10.4 Å². The van der Waals surface area contributed by atoms with Gasteiger partial charge in [-0.3, -0.25) is 4.79 Å². The Bertz CT molecular complexity index is 988. The van der Waals surface area contributed by atoms with Crippen molar-refractivity contribution < 1.29 is 13.9 Å². The van der Waals surface area contributed by atoms with Crippen LogP contribution in [0.5, 0.6) is 5.75 Å². The molecule has 1 N–H and O–H groups in total. The number of amides is 1. The van der Waals surface area contributed by atoms with Gasteiger partial charge in [0.2, 0.25) is 5.91 Å². The highest BCUT2D eigenvalue weighted by Crippen LogP contribution is 2.22. The molecule has 0 aliphatic rings. The van der Waals surface area contributed by atoms with Gasteiger partial charge in [0.05, 0.1) is 22.8 Å². The number of rotatable bonds is 9. The van der Waals surface area contributed by atoms with Gasteiger partial charge >= 0.3 is 0 Å².